The van der Waals surface area contributed by atoms with Crippen molar-refractivity contribution in [1.82, 2.24) is 25.0 Å². The monoisotopic (exact) mass is 254 g/mol. The summed E-state index contributed by atoms with van der Waals surface area (Å²) in [6.45, 7) is 2.98. The molecule has 1 N–H and O–H groups in total. The molecule has 6 nitrogen and oxygen atoms in total. The van der Waals surface area contributed by atoms with Crippen molar-refractivity contribution < 1.29 is 0 Å². The number of hydrogen-bond donors (Lipinski definition) is 1. The summed E-state index contributed by atoms with van der Waals surface area (Å²) in [6.07, 6.45) is 4.43. The van der Waals surface area contributed by atoms with Crippen LogP contribution in [0.3, 0.4) is 0 Å². The Kier molecular flexibility index (Phi) is 3.06. The number of aromatic nitrogens is 5. The van der Waals surface area contributed by atoms with Crippen molar-refractivity contribution in [2.45, 2.75) is 13.3 Å². The fourth-order valence-electron chi connectivity index (χ4n) is 1.83. The second-order valence-electron chi connectivity index (χ2n) is 4.18. The van der Waals surface area contributed by atoms with Crippen molar-refractivity contribution in [3.05, 3.63) is 36.7 Å². The molecule has 0 atom stereocenters. The summed E-state index contributed by atoms with van der Waals surface area (Å²) >= 11 is 0. The summed E-state index contributed by atoms with van der Waals surface area (Å²) in [5.74, 6) is 1.41. The Morgan fingerprint density at radius 3 is 3.00 bits per heavy atom. The van der Waals surface area contributed by atoms with Gasteiger partial charge in [0.1, 0.15) is 11.3 Å². The number of hydrogen-bond acceptors (Lipinski definition) is 5. The summed E-state index contributed by atoms with van der Waals surface area (Å²) in [5, 5.41) is 11.4. The number of benzene rings is 1. The highest BCUT2D eigenvalue weighted by Gasteiger charge is 2.07. The number of para-hydroxylation sites is 1. The van der Waals surface area contributed by atoms with Crippen LogP contribution in [0.2, 0.25) is 0 Å². The molecule has 0 saturated carbocycles. The van der Waals surface area contributed by atoms with Crippen LogP contribution in [0.4, 0.5) is 5.82 Å². The number of nitrogens with zero attached hydrogens (tertiary/aromatic N) is 5. The Balaban J connectivity index is 2.01. The van der Waals surface area contributed by atoms with Crippen LogP contribution in [-0.2, 0) is 0 Å². The van der Waals surface area contributed by atoms with E-state index in [1.54, 1.807) is 17.1 Å². The van der Waals surface area contributed by atoms with Crippen LogP contribution < -0.4 is 5.32 Å². The van der Waals surface area contributed by atoms with Crippen molar-refractivity contribution in [3.63, 3.8) is 0 Å². The minimum Gasteiger partial charge on any atom is -0.369 e. The first-order valence-electron chi connectivity index (χ1n) is 6.25. The Labute approximate surface area is 110 Å². The number of nitrogens with one attached hydrogen (secondary N) is 1. The molecule has 0 aliphatic heterocycles. The Bertz CT molecular complexity index is 690. The molecule has 3 aromatic rings. The van der Waals surface area contributed by atoms with E-state index in [-0.39, 0.29) is 0 Å². The van der Waals surface area contributed by atoms with Gasteiger partial charge in [-0.1, -0.05) is 24.3 Å². The molecule has 0 bridgehead atoms. The highest BCUT2D eigenvalue weighted by molar-refractivity contribution is 5.75. The highest BCUT2D eigenvalue weighted by atomic mass is 15.4. The quantitative estimate of drug-likeness (QED) is 0.771. The lowest BCUT2D eigenvalue weighted by molar-refractivity contribution is 0.795. The van der Waals surface area contributed by atoms with Gasteiger partial charge < -0.3 is 5.32 Å². The lowest BCUT2D eigenvalue weighted by Crippen LogP contribution is -2.06. The van der Waals surface area contributed by atoms with Crippen molar-refractivity contribution in [3.8, 4) is 5.82 Å². The molecule has 0 spiro atoms. The van der Waals surface area contributed by atoms with Crippen LogP contribution in [0.15, 0.2) is 36.7 Å². The second kappa shape index (κ2) is 5.01. The van der Waals surface area contributed by atoms with Crippen LogP contribution in [0.25, 0.3) is 16.9 Å². The molecule has 96 valence electrons. The third-order valence-corrected chi connectivity index (χ3v) is 2.75. The summed E-state index contributed by atoms with van der Waals surface area (Å²) in [4.78, 5) is 8.68. The molecular formula is C13H14N6. The molecule has 0 amide bonds. The molecule has 19 heavy (non-hydrogen) atoms. The zero-order valence-corrected chi connectivity index (χ0v) is 10.6. The summed E-state index contributed by atoms with van der Waals surface area (Å²) in [6, 6.07) is 7.77. The first-order valence-corrected chi connectivity index (χ1v) is 6.25. The molecule has 0 radical (unpaired) electrons. The van der Waals surface area contributed by atoms with Crippen molar-refractivity contribution in [1.29, 1.82) is 0 Å². The lowest BCUT2D eigenvalue weighted by Gasteiger charge is -2.05. The van der Waals surface area contributed by atoms with Gasteiger partial charge in [-0.2, -0.15) is 4.68 Å². The maximum atomic E-state index is 4.49. The van der Waals surface area contributed by atoms with Gasteiger partial charge in [-0.25, -0.2) is 4.98 Å². The van der Waals surface area contributed by atoms with Gasteiger partial charge in [0.15, 0.2) is 5.82 Å². The maximum Gasteiger partial charge on any atom is 0.176 e. The first-order chi connectivity index (χ1) is 9.38. The van der Waals surface area contributed by atoms with Gasteiger partial charge >= 0.3 is 0 Å². The number of rotatable bonds is 4. The van der Waals surface area contributed by atoms with Gasteiger partial charge in [-0.15, -0.1) is 5.10 Å². The topological polar surface area (TPSA) is 68.5 Å². The van der Waals surface area contributed by atoms with Crippen LogP contribution in [0, 0.1) is 0 Å². The zero-order valence-electron chi connectivity index (χ0n) is 10.6. The van der Waals surface area contributed by atoms with Crippen molar-refractivity contribution >= 4 is 16.9 Å². The molecule has 0 aliphatic carbocycles. The van der Waals surface area contributed by atoms with Gasteiger partial charge in [-0.05, 0) is 18.6 Å². The van der Waals surface area contributed by atoms with Crippen LogP contribution in [-0.4, -0.2) is 31.5 Å². The molecule has 0 aliphatic rings. The van der Waals surface area contributed by atoms with E-state index >= 15 is 0 Å². The summed E-state index contributed by atoms with van der Waals surface area (Å²) in [7, 11) is 0. The van der Waals surface area contributed by atoms with E-state index in [4.69, 9.17) is 0 Å². The molecule has 0 fully saturated rings. The standard InChI is InChI=1S/C13H14N6/c1-2-7-15-12-8-14-9-13(16-12)19-11-6-4-3-5-10(11)17-18-19/h3-6,8-9H,2,7H2,1H3,(H,15,16). The lowest BCUT2D eigenvalue weighted by atomic mass is 10.3. The summed E-state index contributed by atoms with van der Waals surface area (Å²) in [5.41, 5.74) is 1.76. The predicted octanol–water partition coefficient (Wildman–Crippen LogP) is 2.03. The van der Waals surface area contributed by atoms with Gasteiger partial charge in [0, 0.05) is 6.54 Å². The van der Waals surface area contributed by atoms with E-state index in [1.807, 2.05) is 24.3 Å². The van der Waals surface area contributed by atoms with Gasteiger partial charge in [0.2, 0.25) is 0 Å². The Hall–Kier alpha value is -2.50. The van der Waals surface area contributed by atoms with E-state index in [1.165, 1.54) is 0 Å². The average Bonchev–Trinajstić information content (AvgIpc) is 2.89. The first kappa shape index (κ1) is 11.6. The largest absolute Gasteiger partial charge is 0.369 e. The Morgan fingerprint density at radius 1 is 1.21 bits per heavy atom. The van der Waals surface area contributed by atoms with E-state index in [0.717, 1.165) is 29.8 Å². The molecule has 0 saturated heterocycles. The highest BCUT2D eigenvalue weighted by Crippen LogP contribution is 2.14. The van der Waals surface area contributed by atoms with Crippen LogP contribution in [0.5, 0.6) is 0 Å². The fraction of sp³-hybridized carbons (Fsp3) is 0.231. The second-order valence-corrected chi connectivity index (χ2v) is 4.18. The minimum atomic E-state index is 0.662. The minimum absolute atomic E-state index is 0.662. The molecule has 0 unspecified atom stereocenters. The predicted molar refractivity (Wildman–Crippen MR) is 73.2 cm³/mol. The van der Waals surface area contributed by atoms with Gasteiger partial charge in [-0.3, -0.25) is 4.98 Å². The van der Waals surface area contributed by atoms with Gasteiger partial charge in [0.25, 0.3) is 0 Å². The maximum absolute atomic E-state index is 4.49. The summed E-state index contributed by atoms with van der Waals surface area (Å²) < 4.78 is 1.69. The molecule has 2 heterocycles. The third kappa shape index (κ3) is 2.24. The molecular weight excluding hydrogens is 240 g/mol. The van der Waals surface area contributed by atoms with E-state index in [9.17, 15) is 0 Å². The third-order valence-electron chi connectivity index (χ3n) is 2.75. The molecule has 1 aromatic carbocycles. The van der Waals surface area contributed by atoms with E-state index in [2.05, 4.69) is 32.5 Å². The number of fused-ring (bicyclic) bond motifs is 1. The van der Waals surface area contributed by atoms with Crippen molar-refractivity contribution in [2.75, 3.05) is 11.9 Å². The van der Waals surface area contributed by atoms with Gasteiger partial charge in [0.05, 0.1) is 17.9 Å². The average molecular weight is 254 g/mol. The molecule has 3 rings (SSSR count). The fourth-order valence-corrected chi connectivity index (χ4v) is 1.83. The number of anilines is 1. The molecule has 2 aromatic heterocycles. The smallest absolute Gasteiger partial charge is 0.176 e. The SMILES string of the molecule is CCCNc1cncc(-n2nnc3ccccc32)n1. The van der Waals surface area contributed by atoms with E-state index in [0.29, 0.717) is 5.82 Å². The zero-order chi connectivity index (χ0) is 13.1. The van der Waals surface area contributed by atoms with Crippen LogP contribution in [0.1, 0.15) is 13.3 Å². The van der Waals surface area contributed by atoms with E-state index < -0.39 is 0 Å². The molecule has 6 heteroatoms. The normalized spacial score (nSPS) is 10.8. The van der Waals surface area contributed by atoms with Crippen molar-refractivity contribution in [2.24, 2.45) is 0 Å². The van der Waals surface area contributed by atoms with Crippen LogP contribution >= 0.6 is 0 Å². The Morgan fingerprint density at radius 2 is 2.11 bits per heavy atom.